The topological polar surface area (TPSA) is 111 Å². The number of nitrogens with two attached hydrogens (primary N) is 1. The lowest BCUT2D eigenvalue weighted by Gasteiger charge is -2.22. The van der Waals surface area contributed by atoms with Crippen molar-refractivity contribution in [2.75, 3.05) is 24.2 Å². The highest BCUT2D eigenvalue weighted by atomic mass is 19.1. The van der Waals surface area contributed by atoms with E-state index in [1.165, 1.54) is 6.20 Å². The van der Waals surface area contributed by atoms with Crippen LogP contribution in [0.15, 0.2) is 24.5 Å². The van der Waals surface area contributed by atoms with Crippen molar-refractivity contribution < 1.29 is 18.7 Å². The highest BCUT2D eigenvalue weighted by molar-refractivity contribution is 5.98. The van der Waals surface area contributed by atoms with Gasteiger partial charge in [-0.2, -0.15) is 0 Å². The molecule has 0 radical (unpaired) electrons. The van der Waals surface area contributed by atoms with E-state index in [0.717, 1.165) is 36.9 Å². The molecule has 180 valence electrons. The van der Waals surface area contributed by atoms with Crippen LogP contribution in [0.2, 0.25) is 0 Å². The summed E-state index contributed by atoms with van der Waals surface area (Å²) in [5.74, 6) is 0.0535. The Morgan fingerprint density at radius 3 is 2.91 bits per heavy atom. The number of halogens is 1. The second kappa shape index (κ2) is 10.1. The van der Waals surface area contributed by atoms with E-state index in [2.05, 4.69) is 27.5 Å². The molecule has 1 amide bonds. The van der Waals surface area contributed by atoms with Gasteiger partial charge >= 0.3 is 6.09 Å². The average Bonchev–Trinajstić information content (AvgIpc) is 2.82. The van der Waals surface area contributed by atoms with Gasteiger partial charge in [0, 0.05) is 47.6 Å². The molecule has 1 aliphatic heterocycles. The Bertz CT molecular complexity index is 1220. The van der Waals surface area contributed by atoms with Gasteiger partial charge in [0.15, 0.2) is 5.82 Å². The molecule has 9 heteroatoms. The van der Waals surface area contributed by atoms with Gasteiger partial charge in [0.25, 0.3) is 0 Å². The minimum atomic E-state index is -0.577. The normalized spacial score (nSPS) is 13.5. The van der Waals surface area contributed by atoms with Gasteiger partial charge in [0.05, 0.1) is 5.69 Å². The van der Waals surface area contributed by atoms with Crippen molar-refractivity contribution in [3.05, 3.63) is 35.9 Å². The summed E-state index contributed by atoms with van der Waals surface area (Å²) in [7, 11) is 0. The number of anilines is 2. The van der Waals surface area contributed by atoms with Gasteiger partial charge < -0.3 is 25.8 Å². The van der Waals surface area contributed by atoms with Crippen LogP contribution < -0.4 is 25.8 Å². The first-order valence-corrected chi connectivity index (χ1v) is 11.6. The number of amides is 1. The van der Waals surface area contributed by atoms with Crippen LogP contribution in [0.1, 0.15) is 45.1 Å². The molecule has 0 fully saturated rings. The number of hydrogen-bond donors (Lipinski definition) is 3. The molecule has 2 aromatic heterocycles. The molecule has 0 saturated heterocycles. The van der Waals surface area contributed by atoms with E-state index in [1.807, 2.05) is 13.8 Å². The number of nitrogen functional groups attached to an aromatic ring is 1. The average molecular weight is 468 g/mol. The second-order valence-corrected chi connectivity index (χ2v) is 8.58. The summed E-state index contributed by atoms with van der Waals surface area (Å²) in [5.41, 5.74) is 8.55. The molecule has 1 unspecified atom stereocenters. The maximum atomic E-state index is 15.3. The van der Waals surface area contributed by atoms with Gasteiger partial charge in [0.1, 0.15) is 12.3 Å². The third-order valence-corrected chi connectivity index (χ3v) is 6.01. The van der Waals surface area contributed by atoms with E-state index >= 15 is 4.39 Å². The quantitative estimate of drug-likeness (QED) is 0.324. The summed E-state index contributed by atoms with van der Waals surface area (Å²) in [6, 6.07) is 3.24. The molecular formula is C25H30FN5O3. The van der Waals surface area contributed by atoms with Crippen LogP contribution in [0.25, 0.3) is 21.9 Å². The van der Waals surface area contributed by atoms with E-state index in [1.54, 1.807) is 18.3 Å². The van der Waals surface area contributed by atoms with E-state index in [9.17, 15) is 4.79 Å². The third kappa shape index (κ3) is 4.83. The summed E-state index contributed by atoms with van der Waals surface area (Å²) in [6.45, 7) is 7.13. The summed E-state index contributed by atoms with van der Waals surface area (Å²) in [6.07, 6.45) is 6.58. The smallest absolute Gasteiger partial charge is 0.414 e. The molecule has 0 bridgehead atoms. The number of benzene rings is 1. The van der Waals surface area contributed by atoms with Gasteiger partial charge in [-0.05, 0) is 37.3 Å². The fourth-order valence-corrected chi connectivity index (χ4v) is 4.12. The molecule has 4 N–H and O–H groups in total. The largest absolute Gasteiger partial charge is 0.474 e. The molecule has 4 rings (SSSR count). The standard InChI is InChI=1S/C25H30FN5O3/c1-4-5-6-7-14(2)31-25(32)34-20-11-16-10-17(21(26)22(27)19(16)13-29-20)18-12-30-24-23(15(18)3)28-8-9-33-24/h10-14,28H,4-9,27H2,1-3H3,(H,31,32). The molecule has 8 nitrogen and oxygen atoms in total. The van der Waals surface area contributed by atoms with Crippen LogP contribution in [0.3, 0.4) is 0 Å². The first kappa shape index (κ1) is 23.5. The third-order valence-electron chi connectivity index (χ3n) is 6.01. The van der Waals surface area contributed by atoms with E-state index < -0.39 is 11.9 Å². The molecule has 1 aromatic carbocycles. The minimum Gasteiger partial charge on any atom is -0.474 e. The van der Waals surface area contributed by atoms with E-state index in [-0.39, 0.29) is 17.6 Å². The number of carbonyl (C=O) groups is 1. The monoisotopic (exact) mass is 467 g/mol. The Morgan fingerprint density at radius 1 is 1.29 bits per heavy atom. The number of nitrogens with one attached hydrogen (secondary N) is 2. The van der Waals surface area contributed by atoms with Crippen LogP contribution in [0.5, 0.6) is 11.8 Å². The number of nitrogens with zero attached hydrogens (tertiary/aromatic N) is 2. The van der Waals surface area contributed by atoms with Gasteiger partial charge in [-0.15, -0.1) is 0 Å². The maximum Gasteiger partial charge on any atom is 0.414 e. The van der Waals surface area contributed by atoms with Gasteiger partial charge in [-0.1, -0.05) is 26.2 Å². The summed E-state index contributed by atoms with van der Waals surface area (Å²) in [5, 5.41) is 7.11. The van der Waals surface area contributed by atoms with Gasteiger partial charge in [0.2, 0.25) is 11.8 Å². The lowest BCUT2D eigenvalue weighted by molar-refractivity contribution is 0.194. The Kier molecular flexibility index (Phi) is 7.00. The number of carbonyl (C=O) groups excluding carboxylic acids is 1. The van der Waals surface area contributed by atoms with Crippen molar-refractivity contribution in [2.24, 2.45) is 0 Å². The van der Waals surface area contributed by atoms with Crippen LogP contribution in [0.4, 0.5) is 20.6 Å². The van der Waals surface area contributed by atoms with Gasteiger partial charge in [-0.3, -0.25) is 0 Å². The summed E-state index contributed by atoms with van der Waals surface area (Å²) >= 11 is 0. The van der Waals surface area contributed by atoms with E-state index in [0.29, 0.717) is 40.9 Å². The van der Waals surface area contributed by atoms with Crippen LogP contribution in [-0.4, -0.2) is 35.3 Å². The minimum absolute atomic E-state index is 0.00655. The van der Waals surface area contributed by atoms with Crippen molar-refractivity contribution in [2.45, 2.75) is 52.5 Å². The van der Waals surface area contributed by atoms with Crippen molar-refractivity contribution in [3.63, 3.8) is 0 Å². The summed E-state index contributed by atoms with van der Waals surface area (Å²) < 4.78 is 26.2. The van der Waals surface area contributed by atoms with E-state index in [4.69, 9.17) is 15.2 Å². The number of rotatable bonds is 7. The Labute approximate surface area is 198 Å². The van der Waals surface area contributed by atoms with Crippen LogP contribution >= 0.6 is 0 Å². The lowest BCUT2D eigenvalue weighted by Crippen LogP contribution is -2.34. The predicted octanol–water partition coefficient (Wildman–Crippen LogP) is 5.19. The van der Waals surface area contributed by atoms with Crippen molar-refractivity contribution in [1.82, 2.24) is 15.3 Å². The Morgan fingerprint density at radius 2 is 2.12 bits per heavy atom. The SMILES string of the molecule is CCCCCC(C)NC(=O)Oc1cc2cc(-c3cnc4c(c3C)NCCO4)c(F)c(N)c2cn1. The lowest BCUT2D eigenvalue weighted by atomic mass is 9.97. The van der Waals surface area contributed by atoms with Crippen molar-refractivity contribution >= 4 is 28.2 Å². The fourth-order valence-electron chi connectivity index (χ4n) is 4.12. The highest BCUT2D eigenvalue weighted by Gasteiger charge is 2.21. The number of ether oxygens (including phenoxy) is 2. The molecule has 3 heterocycles. The first-order valence-electron chi connectivity index (χ1n) is 11.6. The zero-order valence-corrected chi connectivity index (χ0v) is 19.7. The number of unbranched alkanes of at least 4 members (excludes halogenated alkanes) is 2. The van der Waals surface area contributed by atoms with Crippen LogP contribution in [0, 0.1) is 12.7 Å². The molecule has 0 spiro atoms. The number of pyridine rings is 2. The molecule has 3 aromatic rings. The molecule has 0 saturated carbocycles. The zero-order valence-electron chi connectivity index (χ0n) is 19.7. The molecule has 1 aliphatic rings. The maximum absolute atomic E-state index is 15.3. The molecular weight excluding hydrogens is 437 g/mol. The molecule has 1 atom stereocenters. The Balaban J connectivity index is 1.61. The zero-order chi connectivity index (χ0) is 24.2. The summed E-state index contributed by atoms with van der Waals surface area (Å²) in [4.78, 5) is 20.8. The van der Waals surface area contributed by atoms with Gasteiger partial charge in [-0.25, -0.2) is 19.2 Å². The van der Waals surface area contributed by atoms with Crippen LogP contribution in [-0.2, 0) is 0 Å². The number of aromatic nitrogens is 2. The fraction of sp³-hybridized carbons (Fsp3) is 0.400. The van der Waals surface area contributed by atoms with Crippen molar-refractivity contribution in [3.8, 4) is 22.9 Å². The number of hydrogen-bond acceptors (Lipinski definition) is 7. The second-order valence-electron chi connectivity index (χ2n) is 8.58. The van der Waals surface area contributed by atoms with Crippen molar-refractivity contribution in [1.29, 1.82) is 0 Å². The first-order chi connectivity index (χ1) is 16.4. The number of fused-ring (bicyclic) bond motifs is 2. The molecule has 0 aliphatic carbocycles. The highest BCUT2D eigenvalue weighted by Crippen LogP contribution is 2.39. The molecule has 34 heavy (non-hydrogen) atoms. The predicted molar refractivity (Wildman–Crippen MR) is 131 cm³/mol. The Hall–Kier alpha value is -3.62.